The van der Waals surface area contributed by atoms with Crippen LogP contribution >= 0.6 is 0 Å². The lowest BCUT2D eigenvalue weighted by molar-refractivity contribution is -0.388. The molecule has 0 fully saturated rings. The third-order valence-electron chi connectivity index (χ3n) is 2.31. The minimum atomic E-state index is -0.464. The van der Waals surface area contributed by atoms with Crippen LogP contribution < -0.4 is 5.32 Å². The van der Waals surface area contributed by atoms with Crippen molar-refractivity contribution < 1.29 is 4.92 Å². The summed E-state index contributed by atoms with van der Waals surface area (Å²) in [5, 5.41) is 13.7. The summed E-state index contributed by atoms with van der Waals surface area (Å²) in [6.45, 7) is 2.91. The predicted molar refractivity (Wildman–Crippen MR) is 63.5 cm³/mol. The number of hydrogen-bond donors (Lipinski definition) is 1. The van der Waals surface area contributed by atoms with Gasteiger partial charge in [-0.15, -0.1) is 0 Å². The van der Waals surface area contributed by atoms with E-state index in [1.165, 1.54) is 19.0 Å². The van der Waals surface area contributed by atoms with Gasteiger partial charge in [0.1, 0.15) is 11.9 Å². The molecule has 0 bridgehead atoms. The lowest BCUT2D eigenvalue weighted by Gasteiger charge is -2.05. The molecule has 1 aromatic rings. The average molecular weight is 223 g/mol. The molecule has 5 heteroatoms. The van der Waals surface area contributed by atoms with E-state index in [1.807, 2.05) is 0 Å². The fraction of sp³-hybridized carbons (Fsp3) is 0.545. The van der Waals surface area contributed by atoms with Gasteiger partial charge in [0.2, 0.25) is 0 Å². The Morgan fingerprint density at radius 1 is 1.44 bits per heavy atom. The zero-order chi connectivity index (χ0) is 11.8. The lowest BCUT2D eigenvalue weighted by Crippen LogP contribution is -2.05. The Bertz CT molecular complexity index is 342. The number of anilines is 1. The summed E-state index contributed by atoms with van der Waals surface area (Å²) < 4.78 is 0. The van der Waals surface area contributed by atoms with Crippen LogP contribution in [-0.2, 0) is 0 Å². The van der Waals surface area contributed by atoms with Crippen LogP contribution in [0, 0.1) is 10.1 Å². The number of nitrogens with zero attached hydrogens (tertiary/aromatic N) is 2. The third kappa shape index (κ3) is 3.84. The SMILES string of the molecule is CCCCCCNc1cccnc1[N+](=O)[O-]. The summed E-state index contributed by atoms with van der Waals surface area (Å²) in [5.74, 6) is -0.0991. The van der Waals surface area contributed by atoms with E-state index in [9.17, 15) is 10.1 Å². The maximum absolute atomic E-state index is 10.7. The van der Waals surface area contributed by atoms with Gasteiger partial charge in [-0.3, -0.25) is 0 Å². The van der Waals surface area contributed by atoms with E-state index in [4.69, 9.17) is 0 Å². The molecule has 0 atom stereocenters. The van der Waals surface area contributed by atoms with E-state index in [0.29, 0.717) is 5.69 Å². The van der Waals surface area contributed by atoms with Crippen molar-refractivity contribution in [1.82, 2.24) is 4.98 Å². The van der Waals surface area contributed by atoms with Crippen LogP contribution in [0.4, 0.5) is 11.5 Å². The molecule has 0 aliphatic heterocycles. The smallest absolute Gasteiger partial charge is 0.378 e. The molecule has 1 heterocycles. The molecule has 5 nitrogen and oxygen atoms in total. The monoisotopic (exact) mass is 223 g/mol. The van der Waals surface area contributed by atoms with Crippen molar-refractivity contribution in [2.45, 2.75) is 32.6 Å². The van der Waals surface area contributed by atoms with Gasteiger partial charge in [-0.25, -0.2) is 0 Å². The van der Waals surface area contributed by atoms with Gasteiger partial charge in [0.15, 0.2) is 0 Å². The highest BCUT2D eigenvalue weighted by Gasteiger charge is 2.12. The molecule has 0 spiro atoms. The Morgan fingerprint density at radius 3 is 2.94 bits per heavy atom. The minimum Gasteiger partial charge on any atom is -0.378 e. The Kier molecular flexibility index (Phi) is 5.25. The summed E-state index contributed by atoms with van der Waals surface area (Å²) in [6.07, 6.45) is 6.00. The molecule has 0 saturated carbocycles. The first-order valence-electron chi connectivity index (χ1n) is 5.59. The van der Waals surface area contributed by atoms with Gasteiger partial charge in [-0.1, -0.05) is 26.2 Å². The van der Waals surface area contributed by atoms with Gasteiger partial charge in [0, 0.05) is 6.54 Å². The first-order chi connectivity index (χ1) is 7.75. The number of rotatable bonds is 7. The molecule has 0 aliphatic rings. The second-order valence-corrected chi connectivity index (χ2v) is 3.62. The summed E-state index contributed by atoms with van der Waals surface area (Å²) in [7, 11) is 0. The molecule has 16 heavy (non-hydrogen) atoms. The molecular weight excluding hydrogens is 206 g/mol. The molecule has 88 valence electrons. The fourth-order valence-electron chi connectivity index (χ4n) is 1.46. The zero-order valence-corrected chi connectivity index (χ0v) is 9.48. The minimum absolute atomic E-state index is 0.0991. The van der Waals surface area contributed by atoms with Gasteiger partial charge in [0.25, 0.3) is 0 Å². The van der Waals surface area contributed by atoms with Crippen LogP contribution in [0.15, 0.2) is 18.3 Å². The normalized spacial score (nSPS) is 10.1. The number of hydrogen-bond acceptors (Lipinski definition) is 4. The highest BCUT2D eigenvalue weighted by molar-refractivity contribution is 5.56. The van der Waals surface area contributed by atoms with Crippen molar-refractivity contribution in [3.8, 4) is 0 Å². The summed E-state index contributed by atoms with van der Waals surface area (Å²) >= 11 is 0. The van der Waals surface area contributed by atoms with E-state index in [1.54, 1.807) is 12.1 Å². The van der Waals surface area contributed by atoms with Crippen LogP contribution in [0.1, 0.15) is 32.6 Å². The van der Waals surface area contributed by atoms with Crippen LogP contribution in [0.5, 0.6) is 0 Å². The molecule has 0 saturated heterocycles. The van der Waals surface area contributed by atoms with E-state index in [2.05, 4.69) is 17.2 Å². The first kappa shape index (κ1) is 12.4. The predicted octanol–water partition coefficient (Wildman–Crippen LogP) is 2.98. The van der Waals surface area contributed by atoms with Crippen LogP contribution in [0.25, 0.3) is 0 Å². The zero-order valence-electron chi connectivity index (χ0n) is 9.48. The molecule has 0 unspecified atom stereocenters. The molecule has 1 rings (SSSR count). The molecule has 0 radical (unpaired) electrons. The Labute approximate surface area is 95.0 Å². The number of pyridine rings is 1. The lowest BCUT2D eigenvalue weighted by atomic mass is 10.2. The van der Waals surface area contributed by atoms with Crippen LogP contribution in [-0.4, -0.2) is 16.5 Å². The van der Waals surface area contributed by atoms with Gasteiger partial charge in [-0.05, 0) is 28.5 Å². The van der Waals surface area contributed by atoms with Crippen molar-refractivity contribution in [2.75, 3.05) is 11.9 Å². The highest BCUT2D eigenvalue weighted by atomic mass is 16.6. The molecule has 1 N–H and O–H groups in total. The van der Waals surface area contributed by atoms with Crippen LogP contribution in [0.2, 0.25) is 0 Å². The van der Waals surface area contributed by atoms with E-state index in [-0.39, 0.29) is 5.82 Å². The first-order valence-corrected chi connectivity index (χ1v) is 5.59. The van der Waals surface area contributed by atoms with Crippen molar-refractivity contribution in [1.29, 1.82) is 0 Å². The third-order valence-corrected chi connectivity index (χ3v) is 2.31. The van der Waals surface area contributed by atoms with Gasteiger partial charge < -0.3 is 15.4 Å². The standard InChI is InChI=1S/C11H17N3O2/c1-2-3-4-5-8-12-10-7-6-9-13-11(10)14(15)16/h6-7,9,12H,2-5,8H2,1H3. The number of unbranched alkanes of at least 4 members (excludes halogenated alkanes) is 3. The summed E-state index contributed by atoms with van der Waals surface area (Å²) in [6, 6.07) is 3.38. The number of nitrogens with one attached hydrogen (secondary N) is 1. The Balaban J connectivity index is 2.44. The van der Waals surface area contributed by atoms with E-state index in [0.717, 1.165) is 19.4 Å². The maximum atomic E-state index is 10.7. The quantitative estimate of drug-likeness (QED) is 0.438. The topological polar surface area (TPSA) is 68.1 Å². The van der Waals surface area contributed by atoms with Crippen molar-refractivity contribution >= 4 is 11.5 Å². The number of aromatic nitrogens is 1. The van der Waals surface area contributed by atoms with Crippen molar-refractivity contribution in [3.05, 3.63) is 28.4 Å². The van der Waals surface area contributed by atoms with E-state index >= 15 is 0 Å². The highest BCUT2D eigenvalue weighted by Crippen LogP contribution is 2.19. The van der Waals surface area contributed by atoms with Gasteiger partial charge >= 0.3 is 5.82 Å². The Morgan fingerprint density at radius 2 is 2.25 bits per heavy atom. The maximum Gasteiger partial charge on any atom is 0.386 e. The number of nitro groups is 1. The molecule has 0 aliphatic carbocycles. The van der Waals surface area contributed by atoms with Gasteiger partial charge in [0.05, 0.1) is 0 Å². The van der Waals surface area contributed by atoms with Crippen molar-refractivity contribution in [2.24, 2.45) is 0 Å². The average Bonchev–Trinajstić information content (AvgIpc) is 2.29. The van der Waals surface area contributed by atoms with Gasteiger partial charge in [-0.2, -0.15) is 0 Å². The van der Waals surface area contributed by atoms with Crippen LogP contribution in [0.3, 0.4) is 0 Å². The fourth-order valence-corrected chi connectivity index (χ4v) is 1.46. The summed E-state index contributed by atoms with van der Waals surface area (Å²) in [5.41, 5.74) is 0.504. The van der Waals surface area contributed by atoms with E-state index < -0.39 is 4.92 Å². The second kappa shape index (κ2) is 6.76. The summed E-state index contributed by atoms with van der Waals surface area (Å²) in [4.78, 5) is 13.9. The molecular formula is C11H17N3O2. The Hall–Kier alpha value is -1.65. The largest absolute Gasteiger partial charge is 0.386 e. The van der Waals surface area contributed by atoms with Crippen molar-refractivity contribution in [3.63, 3.8) is 0 Å². The second-order valence-electron chi connectivity index (χ2n) is 3.62. The molecule has 0 aromatic carbocycles. The molecule has 1 aromatic heterocycles. The molecule has 0 amide bonds.